The van der Waals surface area contributed by atoms with Gasteiger partial charge in [-0.05, 0) is 32.4 Å². The molecule has 0 amide bonds. The zero-order valence-corrected chi connectivity index (χ0v) is 23.7. The Morgan fingerprint density at radius 3 is 1.50 bits per heavy atom. The molecule has 0 aliphatic carbocycles. The van der Waals surface area contributed by atoms with Gasteiger partial charge in [0.25, 0.3) is 0 Å². The lowest BCUT2D eigenvalue weighted by Crippen LogP contribution is -2.39. The van der Waals surface area contributed by atoms with Gasteiger partial charge in [-0.1, -0.05) is 117 Å². The van der Waals surface area contributed by atoms with E-state index in [9.17, 15) is 0 Å². The van der Waals surface area contributed by atoms with Crippen LogP contribution < -0.4 is 0 Å². The lowest BCUT2D eigenvalue weighted by molar-refractivity contribution is 0.119. The maximum atomic E-state index is 6.31. The van der Waals surface area contributed by atoms with Crippen LogP contribution in [0.1, 0.15) is 149 Å². The summed E-state index contributed by atoms with van der Waals surface area (Å²) in [7, 11) is -2.03. The van der Waals surface area contributed by atoms with Crippen molar-refractivity contribution >= 4 is 8.56 Å². The van der Waals surface area contributed by atoms with E-state index in [1.54, 1.807) is 0 Å². The predicted octanol–water partition coefficient (Wildman–Crippen LogP) is 9.96. The molecule has 0 saturated heterocycles. The maximum absolute atomic E-state index is 6.31. The fraction of sp³-hybridized carbons (Fsp3) is 0.931. The van der Waals surface area contributed by atoms with E-state index in [0.29, 0.717) is 0 Å². The topological polar surface area (TPSA) is 18.5 Å². The van der Waals surface area contributed by atoms with E-state index >= 15 is 0 Å². The van der Waals surface area contributed by atoms with E-state index in [1.807, 2.05) is 0 Å². The molecule has 0 aromatic heterocycles. The van der Waals surface area contributed by atoms with E-state index in [2.05, 4.69) is 45.7 Å². The summed E-state index contributed by atoms with van der Waals surface area (Å²) < 4.78 is 12.5. The third kappa shape index (κ3) is 22.9. The smallest absolute Gasteiger partial charge is 0.331 e. The number of hydrogen-bond acceptors (Lipinski definition) is 2. The summed E-state index contributed by atoms with van der Waals surface area (Å²) in [5, 5.41) is 0. The Morgan fingerprint density at radius 1 is 0.594 bits per heavy atom. The molecule has 2 nitrogen and oxygen atoms in total. The van der Waals surface area contributed by atoms with Crippen LogP contribution in [0, 0.1) is 11.8 Å². The van der Waals surface area contributed by atoms with E-state index < -0.39 is 8.56 Å². The molecule has 0 aromatic rings. The van der Waals surface area contributed by atoms with Crippen LogP contribution in [0.15, 0.2) is 0 Å². The van der Waals surface area contributed by atoms with E-state index in [4.69, 9.17) is 8.85 Å². The first-order chi connectivity index (χ1) is 15.6. The molecule has 3 heteroatoms. The molecule has 1 atom stereocenters. The molecule has 0 bridgehead atoms. The fourth-order valence-corrected chi connectivity index (χ4v) is 5.83. The molecule has 1 unspecified atom stereocenters. The van der Waals surface area contributed by atoms with Crippen LogP contribution in [-0.4, -0.2) is 21.3 Å². The molecule has 0 radical (unpaired) electrons. The highest BCUT2D eigenvalue weighted by Crippen LogP contribution is 2.16. The summed E-state index contributed by atoms with van der Waals surface area (Å²) in [5.41, 5.74) is 0. The number of hydrogen-bond donors (Lipinski definition) is 0. The van der Waals surface area contributed by atoms with Gasteiger partial charge in [0.05, 0.1) is 6.10 Å². The van der Waals surface area contributed by atoms with Crippen molar-refractivity contribution in [2.45, 2.75) is 168 Å². The monoisotopic (exact) mass is 466 g/mol. The van der Waals surface area contributed by atoms with Crippen molar-refractivity contribution in [2.24, 2.45) is 0 Å². The largest absolute Gasteiger partial charge is 0.395 e. The molecule has 0 aliphatic rings. The summed E-state index contributed by atoms with van der Waals surface area (Å²) in [4.78, 5) is 0. The highest BCUT2D eigenvalue weighted by molar-refractivity contribution is 6.64. The Bertz CT molecular complexity index is 438. The van der Waals surface area contributed by atoms with Gasteiger partial charge < -0.3 is 8.85 Å². The molecule has 0 aromatic carbocycles. The van der Waals surface area contributed by atoms with Crippen LogP contribution >= 0.6 is 0 Å². The van der Waals surface area contributed by atoms with Gasteiger partial charge in [0, 0.05) is 19.4 Å². The first-order valence-electron chi connectivity index (χ1n) is 14.3. The second-order valence-corrected chi connectivity index (χ2v) is 13.3. The highest BCUT2D eigenvalue weighted by Gasteiger charge is 2.27. The van der Waals surface area contributed by atoms with E-state index in [-0.39, 0.29) is 6.10 Å². The summed E-state index contributed by atoms with van der Waals surface area (Å²) in [5.74, 6) is 6.51. The Labute approximate surface area is 204 Å². The standard InChI is InChI=1S/C29H58O2Si/c1-6-9-11-13-14-15-16-17-18-19-20-21-22-23-24-26-28-30-32(4,5)31-29(8-3)27-25-12-10-7-2/h29H,6-11,13-24,26-28H2,1-5H3. The Kier molecular flexibility index (Phi) is 23.6. The summed E-state index contributed by atoms with van der Waals surface area (Å²) >= 11 is 0. The van der Waals surface area contributed by atoms with Gasteiger partial charge >= 0.3 is 8.56 Å². The lowest BCUT2D eigenvalue weighted by atomic mass is 10.0. The average molecular weight is 467 g/mol. The highest BCUT2D eigenvalue weighted by atomic mass is 28.4. The van der Waals surface area contributed by atoms with Crippen LogP contribution in [0.2, 0.25) is 13.1 Å². The first kappa shape index (κ1) is 31.7. The Hall–Kier alpha value is -0.303. The van der Waals surface area contributed by atoms with Gasteiger partial charge in [-0.25, -0.2) is 0 Å². The van der Waals surface area contributed by atoms with Gasteiger partial charge in [-0.2, -0.15) is 0 Å². The maximum Gasteiger partial charge on any atom is 0.331 e. The minimum absolute atomic E-state index is 0.229. The van der Waals surface area contributed by atoms with Crippen molar-refractivity contribution in [1.82, 2.24) is 0 Å². The van der Waals surface area contributed by atoms with E-state index in [1.165, 1.54) is 103 Å². The average Bonchev–Trinajstić information content (AvgIpc) is 2.77. The van der Waals surface area contributed by atoms with Gasteiger partial charge in [0.1, 0.15) is 0 Å². The van der Waals surface area contributed by atoms with Crippen molar-refractivity contribution < 1.29 is 8.85 Å². The summed E-state index contributed by atoms with van der Waals surface area (Å²) in [6.07, 6.45) is 26.7. The molecule has 32 heavy (non-hydrogen) atoms. The fourth-order valence-electron chi connectivity index (χ4n) is 4.07. The molecule has 0 saturated carbocycles. The molecule has 190 valence electrons. The lowest BCUT2D eigenvalue weighted by Gasteiger charge is -2.27. The Morgan fingerprint density at radius 2 is 1.06 bits per heavy atom. The molecule has 0 N–H and O–H groups in total. The molecule has 0 rings (SSSR count). The molecular formula is C29H58O2Si. The second-order valence-electron chi connectivity index (χ2n) is 10.0. The third-order valence-electron chi connectivity index (χ3n) is 6.18. The van der Waals surface area contributed by atoms with Gasteiger partial charge in [-0.3, -0.25) is 0 Å². The van der Waals surface area contributed by atoms with Crippen LogP contribution in [-0.2, 0) is 8.85 Å². The van der Waals surface area contributed by atoms with Crippen molar-refractivity contribution in [1.29, 1.82) is 0 Å². The van der Waals surface area contributed by atoms with E-state index in [0.717, 1.165) is 32.3 Å². The van der Waals surface area contributed by atoms with Crippen molar-refractivity contribution in [2.75, 3.05) is 6.61 Å². The first-order valence-corrected chi connectivity index (χ1v) is 17.1. The van der Waals surface area contributed by atoms with Crippen molar-refractivity contribution in [3.8, 4) is 11.8 Å². The minimum atomic E-state index is -2.03. The normalized spacial score (nSPS) is 12.5. The second kappa shape index (κ2) is 23.8. The van der Waals surface area contributed by atoms with Gasteiger partial charge in [-0.15, -0.1) is 11.8 Å². The predicted molar refractivity (Wildman–Crippen MR) is 145 cm³/mol. The zero-order chi connectivity index (χ0) is 23.8. The quantitative estimate of drug-likeness (QED) is 0.0847. The SMILES string of the molecule is CCCC#CCC(CC)O[Si](C)(C)OCCCCCCCCCCCCCCCCCC. The van der Waals surface area contributed by atoms with Crippen LogP contribution in [0.4, 0.5) is 0 Å². The molecule has 0 aliphatic heterocycles. The third-order valence-corrected chi connectivity index (χ3v) is 7.98. The van der Waals surface area contributed by atoms with Crippen LogP contribution in [0.5, 0.6) is 0 Å². The molecule has 0 spiro atoms. The molecular weight excluding hydrogens is 408 g/mol. The summed E-state index contributed by atoms with van der Waals surface area (Å²) in [6.45, 7) is 11.9. The van der Waals surface area contributed by atoms with Gasteiger partial charge in [0.2, 0.25) is 0 Å². The number of unbranched alkanes of at least 4 members (excludes halogenated alkanes) is 16. The summed E-state index contributed by atoms with van der Waals surface area (Å²) in [6, 6.07) is 0. The van der Waals surface area contributed by atoms with Gasteiger partial charge in [0.15, 0.2) is 0 Å². The van der Waals surface area contributed by atoms with Crippen LogP contribution in [0.3, 0.4) is 0 Å². The van der Waals surface area contributed by atoms with Crippen LogP contribution in [0.25, 0.3) is 0 Å². The van der Waals surface area contributed by atoms with Crippen molar-refractivity contribution in [3.05, 3.63) is 0 Å². The Balaban J connectivity index is 3.48. The zero-order valence-electron chi connectivity index (χ0n) is 22.7. The minimum Gasteiger partial charge on any atom is -0.395 e. The van der Waals surface area contributed by atoms with Crippen molar-refractivity contribution in [3.63, 3.8) is 0 Å². The number of rotatable bonds is 23. The molecule has 0 heterocycles. The molecule has 0 fully saturated rings.